The normalized spacial score (nSPS) is 10.1. The second-order valence-corrected chi connectivity index (χ2v) is 2.84. The second kappa shape index (κ2) is 5.80. The molecule has 3 nitrogen and oxygen atoms in total. The fourth-order valence-electron chi connectivity index (χ4n) is 1.06. The Bertz CT molecular complexity index is 304. The minimum absolute atomic E-state index is 0.577. The number of carbonyl (C=O) groups excluding carboxylic acids is 1. The van der Waals surface area contributed by atoms with Crippen molar-refractivity contribution < 1.29 is 4.79 Å². The van der Waals surface area contributed by atoms with Gasteiger partial charge in [0, 0.05) is 12.2 Å². The fraction of sp³-hybridized carbons (Fsp3) is 0.182. The van der Waals surface area contributed by atoms with Gasteiger partial charge in [-0.05, 0) is 30.8 Å². The molecule has 2 N–H and O–H groups in total. The van der Waals surface area contributed by atoms with Gasteiger partial charge in [-0.1, -0.05) is 18.2 Å². The highest BCUT2D eigenvalue weighted by Gasteiger charge is 1.91. The van der Waals surface area contributed by atoms with E-state index in [2.05, 4.69) is 10.6 Å². The van der Waals surface area contributed by atoms with Crippen molar-refractivity contribution in [2.24, 2.45) is 0 Å². The van der Waals surface area contributed by atoms with Gasteiger partial charge in [0.25, 0.3) is 0 Å². The largest absolute Gasteiger partial charge is 0.362 e. The van der Waals surface area contributed by atoms with Gasteiger partial charge in [0.1, 0.15) is 0 Å². The highest BCUT2D eigenvalue weighted by molar-refractivity contribution is 5.48. The number of hydrogen-bond donors (Lipinski definition) is 2. The Labute approximate surface area is 83.8 Å². The molecule has 0 heterocycles. The Kier molecular flexibility index (Phi) is 4.27. The molecule has 0 atom stereocenters. The van der Waals surface area contributed by atoms with E-state index in [9.17, 15) is 4.79 Å². The average Bonchev–Trinajstić information content (AvgIpc) is 2.25. The van der Waals surface area contributed by atoms with E-state index in [0.29, 0.717) is 13.0 Å². The number of hydrogen-bond acceptors (Lipinski definition) is 2. The first-order valence-electron chi connectivity index (χ1n) is 4.50. The SMILES string of the molecule is C/C=C\Nc1ccc(CNC=O)cc1. The number of amides is 1. The van der Waals surface area contributed by atoms with Gasteiger partial charge in [0.05, 0.1) is 0 Å². The molecule has 0 saturated heterocycles. The standard InChI is InChI=1S/C11H14N2O/c1-2-7-13-11-5-3-10(4-6-11)8-12-9-14/h2-7,9,13H,8H2,1H3,(H,12,14)/b7-2-. The summed E-state index contributed by atoms with van der Waals surface area (Å²) in [5.74, 6) is 0. The first-order valence-corrected chi connectivity index (χ1v) is 4.50. The van der Waals surface area contributed by atoms with Crippen LogP contribution in [0.25, 0.3) is 0 Å². The molecule has 1 aromatic rings. The summed E-state index contributed by atoms with van der Waals surface area (Å²) in [6, 6.07) is 7.90. The summed E-state index contributed by atoms with van der Waals surface area (Å²) in [7, 11) is 0. The van der Waals surface area contributed by atoms with Crippen molar-refractivity contribution in [1.29, 1.82) is 0 Å². The summed E-state index contributed by atoms with van der Waals surface area (Å²) in [4.78, 5) is 10.1. The van der Waals surface area contributed by atoms with Crippen LogP contribution >= 0.6 is 0 Å². The summed E-state index contributed by atoms with van der Waals surface area (Å²) < 4.78 is 0. The molecule has 0 radical (unpaired) electrons. The molecule has 0 fully saturated rings. The maximum atomic E-state index is 10.1. The third-order valence-electron chi connectivity index (χ3n) is 1.76. The van der Waals surface area contributed by atoms with E-state index in [1.807, 2.05) is 43.5 Å². The molecule has 0 unspecified atom stereocenters. The Hall–Kier alpha value is -1.77. The first kappa shape index (κ1) is 10.3. The van der Waals surface area contributed by atoms with E-state index < -0.39 is 0 Å². The smallest absolute Gasteiger partial charge is 0.207 e. The molecule has 1 rings (SSSR count). The molecule has 0 aliphatic carbocycles. The zero-order valence-electron chi connectivity index (χ0n) is 8.16. The van der Waals surface area contributed by atoms with Gasteiger partial charge < -0.3 is 10.6 Å². The van der Waals surface area contributed by atoms with Crippen LogP contribution < -0.4 is 10.6 Å². The van der Waals surface area contributed by atoms with Gasteiger partial charge in [-0.2, -0.15) is 0 Å². The molecular formula is C11H14N2O. The van der Waals surface area contributed by atoms with E-state index in [1.54, 1.807) is 0 Å². The number of carbonyl (C=O) groups is 1. The number of anilines is 1. The topological polar surface area (TPSA) is 41.1 Å². The molecule has 74 valence electrons. The van der Waals surface area contributed by atoms with Crippen LogP contribution in [0.15, 0.2) is 36.5 Å². The van der Waals surface area contributed by atoms with Crippen LogP contribution in [0.3, 0.4) is 0 Å². The van der Waals surface area contributed by atoms with E-state index in [1.165, 1.54) is 0 Å². The maximum Gasteiger partial charge on any atom is 0.207 e. The van der Waals surface area contributed by atoms with Crippen LogP contribution in [0.4, 0.5) is 5.69 Å². The number of rotatable bonds is 5. The maximum absolute atomic E-state index is 10.1. The third kappa shape index (κ3) is 3.31. The van der Waals surface area contributed by atoms with Crippen molar-refractivity contribution in [2.45, 2.75) is 13.5 Å². The van der Waals surface area contributed by atoms with Crippen molar-refractivity contribution in [3.63, 3.8) is 0 Å². The minimum atomic E-state index is 0.577. The predicted molar refractivity (Wildman–Crippen MR) is 57.8 cm³/mol. The summed E-state index contributed by atoms with van der Waals surface area (Å²) in [5.41, 5.74) is 2.13. The fourth-order valence-corrected chi connectivity index (χ4v) is 1.06. The van der Waals surface area contributed by atoms with E-state index >= 15 is 0 Å². The number of allylic oxidation sites excluding steroid dienone is 1. The van der Waals surface area contributed by atoms with Gasteiger partial charge in [-0.3, -0.25) is 4.79 Å². The zero-order valence-corrected chi connectivity index (χ0v) is 8.16. The van der Waals surface area contributed by atoms with Crippen LogP contribution in [-0.2, 0) is 11.3 Å². The Morgan fingerprint density at radius 3 is 2.57 bits per heavy atom. The van der Waals surface area contributed by atoms with Crippen molar-refractivity contribution in [1.82, 2.24) is 5.32 Å². The minimum Gasteiger partial charge on any atom is -0.362 e. The molecular weight excluding hydrogens is 176 g/mol. The van der Waals surface area contributed by atoms with Gasteiger partial charge in [0.15, 0.2) is 0 Å². The van der Waals surface area contributed by atoms with Gasteiger partial charge in [-0.15, -0.1) is 0 Å². The lowest BCUT2D eigenvalue weighted by Gasteiger charge is -2.02. The van der Waals surface area contributed by atoms with E-state index in [4.69, 9.17) is 0 Å². The summed E-state index contributed by atoms with van der Waals surface area (Å²) in [6.07, 6.45) is 4.51. The number of benzene rings is 1. The highest BCUT2D eigenvalue weighted by Crippen LogP contribution is 2.08. The molecule has 0 aliphatic rings. The molecule has 1 aromatic carbocycles. The first-order chi connectivity index (χ1) is 6.86. The Balaban J connectivity index is 2.54. The van der Waals surface area contributed by atoms with Gasteiger partial charge >= 0.3 is 0 Å². The van der Waals surface area contributed by atoms with E-state index in [0.717, 1.165) is 11.3 Å². The quantitative estimate of drug-likeness (QED) is 0.696. The molecule has 14 heavy (non-hydrogen) atoms. The van der Waals surface area contributed by atoms with Crippen LogP contribution in [-0.4, -0.2) is 6.41 Å². The van der Waals surface area contributed by atoms with Crippen LogP contribution in [0.5, 0.6) is 0 Å². The third-order valence-corrected chi connectivity index (χ3v) is 1.76. The Morgan fingerprint density at radius 2 is 2.00 bits per heavy atom. The lowest BCUT2D eigenvalue weighted by atomic mass is 10.2. The molecule has 0 aliphatic heterocycles. The summed E-state index contributed by atoms with van der Waals surface area (Å²) in [5, 5.41) is 5.72. The van der Waals surface area contributed by atoms with Gasteiger partial charge in [-0.25, -0.2) is 0 Å². The van der Waals surface area contributed by atoms with Crippen molar-refractivity contribution in [3.05, 3.63) is 42.1 Å². The molecule has 0 spiro atoms. The lowest BCUT2D eigenvalue weighted by Crippen LogP contribution is -2.09. The molecule has 0 bridgehead atoms. The molecule has 1 amide bonds. The van der Waals surface area contributed by atoms with Gasteiger partial charge in [0.2, 0.25) is 6.41 Å². The monoisotopic (exact) mass is 190 g/mol. The van der Waals surface area contributed by atoms with Crippen LogP contribution in [0.2, 0.25) is 0 Å². The number of nitrogens with one attached hydrogen (secondary N) is 2. The molecule has 0 aromatic heterocycles. The summed E-state index contributed by atoms with van der Waals surface area (Å²) in [6.45, 7) is 2.53. The lowest BCUT2D eigenvalue weighted by molar-refractivity contribution is -0.109. The average molecular weight is 190 g/mol. The van der Waals surface area contributed by atoms with Crippen molar-refractivity contribution in [2.75, 3.05) is 5.32 Å². The van der Waals surface area contributed by atoms with Crippen molar-refractivity contribution in [3.8, 4) is 0 Å². The Morgan fingerprint density at radius 1 is 1.29 bits per heavy atom. The van der Waals surface area contributed by atoms with Crippen molar-refractivity contribution >= 4 is 12.1 Å². The van der Waals surface area contributed by atoms with E-state index in [-0.39, 0.29) is 0 Å². The second-order valence-electron chi connectivity index (χ2n) is 2.84. The summed E-state index contributed by atoms with van der Waals surface area (Å²) >= 11 is 0. The predicted octanol–water partition coefficient (Wildman–Crippen LogP) is 1.88. The van der Waals surface area contributed by atoms with Crippen LogP contribution in [0.1, 0.15) is 12.5 Å². The molecule has 3 heteroatoms. The highest BCUT2D eigenvalue weighted by atomic mass is 16.1. The zero-order chi connectivity index (χ0) is 10.2. The molecule has 0 saturated carbocycles. The van der Waals surface area contributed by atoms with Crippen LogP contribution in [0, 0.1) is 0 Å².